The van der Waals surface area contributed by atoms with Crippen LogP contribution in [0.15, 0.2) is 126 Å². The van der Waals surface area contributed by atoms with E-state index in [2.05, 4.69) is 20.5 Å². The van der Waals surface area contributed by atoms with Gasteiger partial charge in [0.15, 0.2) is 5.13 Å². The Kier molecular flexibility index (Phi) is 6.73. The van der Waals surface area contributed by atoms with E-state index in [4.69, 9.17) is 15.4 Å². The van der Waals surface area contributed by atoms with Gasteiger partial charge >= 0.3 is 5.97 Å². The van der Waals surface area contributed by atoms with E-state index in [0.29, 0.717) is 11.0 Å². The smallest absolute Gasteiger partial charge is 0.375 e. The fourth-order valence-corrected chi connectivity index (χ4v) is 4.96. The molecule has 0 aliphatic rings. The molecule has 0 unspecified atom stereocenters. The second kappa shape index (κ2) is 10.8. The Labute approximate surface area is 233 Å². The Hall–Kier alpha value is -5.35. The normalized spacial score (nSPS) is 11.8. The molecule has 10 heteroatoms. The maximum atomic E-state index is 13.6. The first-order valence-electron chi connectivity index (χ1n) is 12.3. The number of carbonyl (C=O) groups excluding carboxylic acids is 1. The number of nitrogen functional groups attached to an aromatic ring is 1. The van der Waals surface area contributed by atoms with Gasteiger partial charge in [-0.05, 0) is 17.3 Å². The van der Waals surface area contributed by atoms with E-state index in [0.717, 1.165) is 21.5 Å². The number of hydrogen-bond acceptors (Lipinski definition) is 9. The van der Waals surface area contributed by atoms with E-state index in [1.54, 1.807) is 23.6 Å². The minimum Gasteiger partial charge on any atom is -0.375 e. The van der Waals surface area contributed by atoms with Crippen LogP contribution in [0.1, 0.15) is 22.4 Å². The van der Waals surface area contributed by atoms with Gasteiger partial charge in [-0.2, -0.15) is 0 Å². The van der Waals surface area contributed by atoms with Gasteiger partial charge in [0.2, 0.25) is 11.3 Å². The molecule has 2 N–H and O–H groups in total. The van der Waals surface area contributed by atoms with Crippen molar-refractivity contribution in [2.75, 3.05) is 5.73 Å². The highest BCUT2D eigenvalue weighted by molar-refractivity contribution is 7.13. The lowest BCUT2D eigenvalue weighted by Gasteiger charge is -2.33. The summed E-state index contributed by atoms with van der Waals surface area (Å²) in [5.74, 6) is -0.843. The van der Waals surface area contributed by atoms with Crippen LogP contribution in [-0.2, 0) is 15.2 Å². The number of nitrogens with zero attached hydrogens (tertiary/aromatic N) is 5. The number of nitrogens with two attached hydrogens (primary N) is 1. The standard InChI is InChI=1S/C30H22N6O3S/c31-29-32-25(20-40-29)27(28(37)38-36-26-19-11-10-18-24(26)33-35-36)34-39-30(21-12-4-1-5-13-21,22-14-6-2-7-15-22)23-16-8-3-9-17-23/h1-20H,(H2,31,32). The van der Waals surface area contributed by atoms with Crippen LogP contribution in [0.4, 0.5) is 5.13 Å². The fourth-order valence-electron chi connectivity index (χ4n) is 4.41. The van der Waals surface area contributed by atoms with Crippen molar-refractivity contribution in [2.24, 2.45) is 5.16 Å². The van der Waals surface area contributed by atoms with Crippen molar-refractivity contribution >= 4 is 39.2 Å². The van der Waals surface area contributed by atoms with E-state index in [1.165, 1.54) is 11.3 Å². The number of aromatic nitrogens is 4. The molecule has 0 atom stereocenters. The van der Waals surface area contributed by atoms with Crippen molar-refractivity contribution in [3.05, 3.63) is 143 Å². The summed E-state index contributed by atoms with van der Waals surface area (Å²) < 4.78 is 0. The first kappa shape index (κ1) is 25.0. The number of oxime groups is 1. The van der Waals surface area contributed by atoms with E-state index in [-0.39, 0.29) is 16.5 Å². The molecule has 9 nitrogen and oxygen atoms in total. The number of para-hydroxylation sites is 1. The van der Waals surface area contributed by atoms with Crippen LogP contribution in [0.3, 0.4) is 0 Å². The summed E-state index contributed by atoms with van der Waals surface area (Å²) in [4.78, 5) is 31.0. The average molecular weight is 547 g/mol. The monoisotopic (exact) mass is 546 g/mol. The fraction of sp³-hybridized carbons (Fsp3) is 0.0333. The van der Waals surface area contributed by atoms with Crippen LogP contribution in [0, 0.1) is 0 Å². The largest absolute Gasteiger partial charge is 0.389 e. The van der Waals surface area contributed by atoms with E-state index in [1.807, 2.05) is 97.1 Å². The molecule has 0 amide bonds. The topological polar surface area (TPSA) is 118 Å². The Morgan fingerprint density at radius 2 is 1.35 bits per heavy atom. The molecule has 0 spiro atoms. The van der Waals surface area contributed by atoms with Crippen LogP contribution < -0.4 is 10.6 Å². The van der Waals surface area contributed by atoms with Crippen molar-refractivity contribution in [1.29, 1.82) is 0 Å². The number of fused-ring (bicyclic) bond motifs is 1. The molecule has 6 rings (SSSR count). The summed E-state index contributed by atoms with van der Waals surface area (Å²) in [5.41, 5.74) is 8.24. The molecule has 4 aromatic carbocycles. The molecular formula is C30H22N6O3S. The molecule has 0 aliphatic carbocycles. The second-order valence-corrected chi connectivity index (χ2v) is 9.60. The lowest BCUT2D eigenvalue weighted by atomic mass is 9.80. The number of hydrogen-bond donors (Lipinski definition) is 1. The molecule has 40 heavy (non-hydrogen) atoms. The molecule has 196 valence electrons. The van der Waals surface area contributed by atoms with Crippen molar-refractivity contribution in [3.8, 4) is 0 Å². The molecule has 0 saturated carbocycles. The third kappa shape index (κ3) is 4.67. The van der Waals surface area contributed by atoms with Gasteiger partial charge in [-0.3, -0.25) is 0 Å². The lowest BCUT2D eigenvalue weighted by Crippen LogP contribution is -2.34. The predicted octanol–water partition coefficient (Wildman–Crippen LogP) is 4.84. The number of carbonyl (C=O) groups is 1. The van der Waals surface area contributed by atoms with Gasteiger partial charge in [0.1, 0.15) is 16.7 Å². The Morgan fingerprint density at radius 3 is 1.90 bits per heavy atom. The molecule has 0 radical (unpaired) electrons. The zero-order valence-corrected chi connectivity index (χ0v) is 21.8. The summed E-state index contributed by atoms with van der Waals surface area (Å²) in [6, 6.07) is 36.2. The maximum Gasteiger partial charge on any atom is 0.389 e. The average Bonchev–Trinajstić information content (AvgIpc) is 3.63. The number of rotatable bonds is 8. The summed E-state index contributed by atoms with van der Waals surface area (Å²) in [5, 5.41) is 14.3. The van der Waals surface area contributed by atoms with Gasteiger partial charge in [-0.15, -0.1) is 16.4 Å². The van der Waals surface area contributed by atoms with Crippen molar-refractivity contribution in [2.45, 2.75) is 5.60 Å². The Bertz CT molecular complexity index is 1690. The van der Waals surface area contributed by atoms with Crippen LogP contribution >= 0.6 is 11.3 Å². The summed E-state index contributed by atoms with van der Waals surface area (Å²) >= 11 is 1.17. The first-order valence-corrected chi connectivity index (χ1v) is 13.2. The summed E-state index contributed by atoms with van der Waals surface area (Å²) in [7, 11) is 0. The predicted molar refractivity (Wildman–Crippen MR) is 152 cm³/mol. The highest BCUT2D eigenvalue weighted by Gasteiger charge is 2.40. The van der Waals surface area contributed by atoms with Crippen LogP contribution in [0.2, 0.25) is 0 Å². The van der Waals surface area contributed by atoms with Crippen molar-refractivity contribution in [3.63, 3.8) is 0 Å². The van der Waals surface area contributed by atoms with Crippen molar-refractivity contribution in [1.82, 2.24) is 20.1 Å². The Morgan fingerprint density at radius 1 is 0.800 bits per heavy atom. The van der Waals surface area contributed by atoms with Gasteiger partial charge in [0.05, 0.1) is 0 Å². The van der Waals surface area contributed by atoms with Gasteiger partial charge in [0, 0.05) is 22.1 Å². The van der Waals surface area contributed by atoms with Gasteiger partial charge < -0.3 is 15.4 Å². The van der Waals surface area contributed by atoms with Crippen molar-refractivity contribution < 1.29 is 14.5 Å². The van der Waals surface area contributed by atoms with Gasteiger partial charge in [-0.25, -0.2) is 9.78 Å². The molecular weight excluding hydrogens is 524 g/mol. The van der Waals surface area contributed by atoms with E-state index in [9.17, 15) is 4.79 Å². The third-order valence-electron chi connectivity index (χ3n) is 6.26. The Balaban J connectivity index is 1.49. The molecule has 2 aromatic heterocycles. The lowest BCUT2D eigenvalue weighted by molar-refractivity contribution is -0.137. The quantitative estimate of drug-likeness (QED) is 0.126. The second-order valence-electron chi connectivity index (χ2n) is 8.71. The van der Waals surface area contributed by atoms with E-state index >= 15 is 0 Å². The summed E-state index contributed by atoms with van der Waals surface area (Å²) in [6.07, 6.45) is 0. The number of anilines is 1. The highest BCUT2D eigenvalue weighted by atomic mass is 32.1. The van der Waals surface area contributed by atoms with Crippen LogP contribution in [0.25, 0.3) is 11.0 Å². The van der Waals surface area contributed by atoms with Crippen LogP contribution in [0.5, 0.6) is 0 Å². The molecule has 0 fully saturated rings. The summed E-state index contributed by atoms with van der Waals surface area (Å²) in [6.45, 7) is 0. The molecule has 0 bridgehead atoms. The van der Waals surface area contributed by atoms with Crippen LogP contribution in [-0.4, -0.2) is 31.8 Å². The molecule has 2 heterocycles. The highest BCUT2D eigenvalue weighted by Crippen LogP contribution is 2.40. The third-order valence-corrected chi connectivity index (χ3v) is 6.94. The molecule has 0 saturated heterocycles. The zero-order chi connectivity index (χ0) is 27.4. The SMILES string of the molecule is Nc1nc(C(=NOC(c2ccccc2)(c2ccccc2)c2ccccc2)C(=O)On2nnc3ccccc32)cs1. The first-order chi connectivity index (χ1) is 19.6. The minimum absolute atomic E-state index is 0.181. The number of benzene rings is 4. The number of thiazole rings is 1. The van der Waals surface area contributed by atoms with Gasteiger partial charge in [-0.1, -0.05) is 113 Å². The maximum absolute atomic E-state index is 13.6. The minimum atomic E-state index is -1.21. The van der Waals surface area contributed by atoms with Gasteiger partial charge in [0.25, 0.3) is 0 Å². The molecule has 6 aromatic rings. The zero-order valence-electron chi connectivity index (χ0n) is 21.0. The van der Waals surface area contributed by atoms with E-state index < -0.39 is 11.6 Å². The molecule has 0 aliphatic heterocycles.